The number of rotatable bonds is 5. The maximum absolute atomic E-state index is 11.4. The zero-order chi connectivity index (χ0) is 12.4. The summed E-state index contributed by atoms with van der Waals surface area (Å²) in [5.41, 5.74) is 0.977. The Bertz CT molecular complexity index is 394. The summed E-state index contributed by atoms with van der Waals surface area (Å²) in [5.74, 6) is 0.581. The third kappa shape index (κ3) is 3.09. The number of carbonyl (C=O) groups excluding carboxylic acids is 1. The predicted molar refractivity (Wildman–Crippen MR) is 65.4 cm³/mol. The van der Waals surface area contributed by atoms with Crippen LogP contribution in [0.3, 0.4) is 0 Å². The summed E-state index contributed by atoms with van der Waals surface area (Å²) in [6.07, 6.45) is 6.33. The molecule has 4 nitrogen and oxygen atoms in total. The lowest BCUT2D eigenvalue weighted by Gasteiger charge is -2.10. The third-order valence-electron chi connectivity index (χ3n) is 3.27. The van der Waals surface area contributed by atoms with Gasteiger partial charge in [0.05, 0.1) is 6.10 Å². The Morgan fingerprint density at radius 3 is 2.88 bits per heavy atom. The van der Waals surface area contributed by atoms with Gasteiger partial charge in [-0.25, -0.2) is 0 Å². The van der Waals surface area contributed by atoms with E-state index in [1.165, 1.54) is 0 Å². The number of aliphatic hydroxyl groups excluding tert-OH is 1. The van der Waals surface area contributed by atoms with Gasteiger partial charge in [0.25, 0.3) is 0 Å². The molecule has 0 aliphatic heterocycles. The molecule has 1 amide bonds. The van der Waals surface area contributed by atoms with Crippen LogP contribution in [0.25, 0.3) is 0 Å². The molecule has 0 radical (unpaired) electrons. The summed E-state index contributed by atoms with van der Waals surface area (Å²) in [5, 5.41) is 9.95. The molecule has 1 unspecified atom stereocenters. The van der Waals surface area contributed by atoms with E-state index in [0.29, 0.717) is 18.9 Å². The van der Waals surface area contributed by atoms with Crippen LogP contribution in [0.4, 0.5) is 0 Å². The van der Waals surface area contributed by atoms with E-state index in [9.17, 15) is 9.90 Å². The molecule has 1 heterocycles. The van der Waals surface area contributed by atoms with Crippen molar-refractivity contribution in [3.8, 4) is 0 Å². The van der Waals surface area contributed by atoms with Crippen LogP contribution in [-0.2, 0) is 11.3 Å². The fourth-order valence-corrected chi connectivity index (χ4v) is 1.91. The molecule has 1 fully saturated rings. The fraction of sp³-hybridized carbons (Fsp3) is 0.615. The van der Waals surface area contributed by atoms with Crippen molar-refractivity contribution in [2.75, 3.05) is 14.1 Å². The van der Waals surface area contributed by atoms with Gasteiger partial charge in [0.15, 0.2) is 0 Å². The third-order valence-corrected chi connectivity index (χ3v) is 3.27. The number of hydrogen-bond donors (Lipinski definition) is 1. The van der Waals surface area contributed by atoms with Gasteiger partial charge in [0, 0.05) is 39.5 Å². The molecule has 0 saturated heterocycles. The van der Waals surface area contributed by atoms with Crippen molar-refractivity contribution in [3.05, 3.63) is 24.0 Å². The second-order valence-corrected chi connectivity index (χ2v) is 5.00. The van der Waals surface area contributed by atoms with E-state index in [1.807, 2.05) is 23.0 Å². The van der Waals surface area contributed by atoms with Gasteiger partial charge in [-0.3, -0.25) is 4.79 Å². The van der Waals surface area contributed by atoms with Crippen LogP contribution < -0.4 is 0 Å². The number of aliphatic hydroxyl groups is 1. The highest BCUT2D eigenvalue weighted by Crippen LogP contribution is 2.40. The molecule has 0 bridgehead atoms. The largest absolute Gasteiger partial charge is 0.388 e. The van der Waals surface area contributed by atoms with Crippen LogP contribution in [0, 0.1) is 5.92 Å². The Balaban J connectivity index is 1.87. The van der Waals surface area contributed by atoms with Gasteiger partial charge in [-0.1, -0.05) is 0 Å². The summed E-state index contributed by atoms with van der Waals surface area (Å²) in [4.78, 5) is 13.0. The molecule has 0 aromatic carbocycles. The van der Waals surface area contributed by atoms with Gasteiger partial charge in [0.1, 0.15) is 0 Å². The molecule has 1 aromatic rings. The first-order valence-electron chi connectivity index (χ1n) is 6.12. The highest BCUT2D eigenvalue weighted by atomic mass is 16.3. The average Bonchev–Trinajstić information content (AvgIpc) is 3.04. The number of amides is 1. The SMILES string of the molecule is CN(C)C(=O)CCn1ccc(C(O)C2CC2)c1. The average molecular weight is 236 g/mol. The quantitative estimate of drug-likeness (QED) is 0.840. The molecule has 0 spiro atoms. The number of carbonyl (C=O) groups is 1. The Morgan fingerprint density at radius 2 is 2.29 bits per heavy atom. The number of nitrogens with zero attached hydrogens (tertiary/aromatic N) is 2. The van der Waals surface area contributed by atoms with Gasteiger partial charge >= 0.3 is 0 Å². The van der Waals surface area contributed by atoms with Crippen molar-refractivity contribution in [2.24, 2.45) is 5.92 Å². The first-order chi connectivity index (χ1) is 8.08. The van der Waals surface area contributed by atoms with Crippen LogP contribution in [-0.4, -0.2) is 34.6 Å². The van der Waals surface area contributed by atoms with E-state index in [2.05, 4.69) is 0 Å². The molecular formula is C13H20N2O2. The molecule has 2 rings (SSSR count). The highest BCUT2D eigenvalue weighted by Gasteiger charge is 2.31. The molecule has 1 aliphatic rings. The Hall–Kier alpha value is -1.29. The van der Waals surface area contributed by atoms with Crippen LogP contribution in [0.5, 0.6) is 0 Å². The summed E-state index contributed by atoms with van der Waals surface area (Å²) in [6.45, 7) is 0.675. The predicted octanol–water partition coefficient (Wildman–Crippen LogP) is 1.41. The molecule has 1 aromatic heterocycles. The topological polar surface area (TPSA) is 45.5 Å². The molecule has 4 heteroatoms. The number of aryl methyl sites for hydroxylation is 1. The van der Waals surface area contributed by atoms with Gasteiger partial charge in [-0.2, -0.15) is 0 Å². The van der Waals surface area contributed by atoms with Crippen molar-refractivity contribution >= 4 is 5.91 Å². The zero-order valence-electron chi connectivity index (χ0n) is 10.5. The Labute approximate surface area is 102 Å². The lowest BCUT2D eigenvalue weighted by Crippen LogP contribution is -2.22. The van der Waals surface area contributed by atoms with Gasteiger partial charge in [-0.15, -0.1) is 0 Å². The standard InChI is InChI=1S/C13H20N2O2/c1-14(2)12(16)6-8-15-7-5-11(9-15)13(17)10-3-4-10/h5,7,9-10,13,17H,3-4,6,8H2,1-2H3. The lowest BCUT2D eigenvalue weighted by atomic mass is 10.1. The molecule has 1 saturated carbocycles. The summed E-state index contributed by atoms with van der Waals surface area (Å²) in [6, 6.07) is 1.95. The normalized spacial score (nSPS) is 16.9. The van der Waals surface area contributed by atoms with Crippen molar-refractivity contribution in [3.63, 3.8) is 0 Å². The molecule has 1 N–H and O–H groups in total. The second kappa shape index (κ2) is 4.92. The minimum absolute atomic E-state index is 0.128. The van der Waals surface area contributed by atoms with E-state index in [1.54, 1.807) is 19.0 Å². The van der Waals surface area contributed by atoms with Crippen molar-refractivity contribution < 1.29 is 9.90 Å². The molecule has 94 valence electrons. The number of hydrogen-bond acceptors (Lipinski definition) is 2. The van der Waals surface area contributed by atoms with E-state index >= 15 is 0 Å². The van der Waals surface area contributed by atoms with Crippen molar-refractivity contribution in [1.29, 1.82) is 0 Å². The maximum atomic E-state index is 11.4. The van der Waals surface area contributed by atoms with Crippen molar-refractivity contribution in [2.45, 2.75) is 31.9 Å². The highest BCUT2D eigenvalue weighted by molar-refractivity contribution is 5.75. The first kappa shape index (κ1) is 12.2. The molecular weight excluding hydrogens is 216 g/mol. The van der Waals surface area contributed by atoms with E-state index in [-0.39, 0.29) is 12.0 Å². The van der Waals surface area contributed by atoms with E-state index < -0.39 is 0 Å². The minimum atomic E-state index is -0.319. The first-order valence-corrected chi connectivity index (χ1v) is 6.12. The molecule has 1 aliphatic carbocycles. The van der Waals surface area contributed by atoms with Gasteiger partial charge in [-0.05, 0) is 30.4 Å². The van der Waals surface area contributed by atoms with Crippen LogP contribution in [0.2, 0.25) is 0 Å². The monoisotopic (exact) mass is 236 g/mol. The smallest absolute Gasteiger partial charge is 0.223 e. The summed E-state index contributed by atoms with van der Waals surface area (Å²) < 4.78 is 1.97. The lowest BCUT2D eigenvalue weighted by molar-refractivity contribution is -0.128. The summed E-state index contributed by atoms with van der Waals surface area (Å²) >= 11 is 0. The molecule has 1 atom stereocenters. The van der Waals surface area contributed by atoms with Crippen LogP contribution in [0.15, 0.2) is 18.5 Å². The maximum Gasteiger partial charge on any atom is 0.223 e. The summed E-state index contributed by atoms with van der Waals surface area (Å²) in [7, 11) is 3.53. The molecule has 17 heavy (non-hydrogen) atoms. The Morgan fingerprint density at radius 1 is 1.59 bits per heavy atom. The van der Waals surface area contributed by atoms with E-state index in [4.69, 9.17) is 0 Å². The second-order valence-electron chi connectivity index (χ2n) is 5.00. The van der Waals surface area contributed by atoms with Gasteiger partial charge in [0.2, 0.25) is 5.91 Å². The zero-order valence-corrected chi connectivity index (χ0v) is 10.5. The van der Waals surface area contributed by atoms with Gasteiger partial charge < -0.3 is 14.6 Å². The van der Waals surface area contributed by atoms with Crippen LogP contribution >= 0.6 is 0 Å². The Kier molecular flexibility index (Phi) is 3.52. The van der Waals surface area contributed by atoms with Crippen molar-refractivity contribution in [1.82, 2.24) is 9.47 Å². The number of aromatic nitrogens is 1. The minimum Gasteiger partial charge on any atom is -0.388 e. The fourth-order valence-electron chi connectivity index (χ4n) is 1.91. The van der Waals surface area contributed by atoms with Crippen LogP contribution in [0.1, 0.15) is 30.9 Å². The van der Waals surface area contributed by atoms with E-state index in [0.717, 1.165) is 18.4 Å².